The number of rotatable bonds is 3. The number of aliphatic carboxylic acids is 1. The molecule has 0 amide bonds. The van der Waals surface area contributed by atoms with Crippen LogP contribution in [0.1, 0.15) is 25.3 Å². The second-order valence-electron chi connectivity index (χ2n) is 5.01. The zero-order chi connectivity index (χ0) is 13.8. The van der Waals surface area contributed by atoms with Crippen LogP contribution < -0.4 is 4.90 Å². The molecule has 1 aliphatic rings. The third-order valence-corrected chi connectivity index (χ3v) is 3.88. The van der Waals surface area contributed by atoms with E-state index in [9.17, 15) is 4.79 Å². The summed E-state index contributed by atoms with van der Waals surface area (Å²) < 4.78 is 0. The third kappa shape index (κ3) is 3.51. The molecule has 1 aromatic rings. The Morgan fingerprint density at radius 1 is 1.42 bits per heavy atom. The van der Waals surface area contributed by atoms with E-state index in [1.54, 1.807) is 12.1 Å². The second kappa shape index (κ2) is 6.11. The van der Waals surface area contributed by atoms with E-state index < -0.39 is 5.97 Å². The molecule has 0 saturated carbocycles. The number of nitrogens with zero attached hydrogens (tertiary/aromatic N) is 1. The van der Waals surface area contributed by atoms with Crippen LogP contribution >= 0.6 is 11.6 Å². The lowest BCUT2D eigenvalue weighted by Crippen LogP contribution is -2.33. The van der Waals surface area contributed by atoms with E-state index >= 15 is 0 Å². The summed E-state index contributed by atoms with van der Waals surface area (Å²) >= 11 is 6.19. The molecule has 19 heavy (non-hydrogen) atoms. The summed E-state index contributed by atoms with van der Waals surface area (Å²) in [4.78, 5) is 13.0. The van der Waals surface area contributed by atoms with Crippen molar-refractivity contribution in [1.29, 1.82) is 0 Å². The molecule has 0 bridgehead atoms. The fourth-order valence-corrected chi connectivity index (χ4v) is 2.60. The minimum atomic E-state index is -0.960. The molecule has 1 N–H and O–H groups in total. The number of anilines is 1. The van der Waals surface area contributed by atoms with Crippen LogP contribution in [0, 0.1) is 5.92 Å². The van der Waals surface area contributed by atoms with Gasteiger partial charge in [-0.25, -0.2) is 4.79 Å². The van der Waals surface area contributed by atoms with Gasteiger partial charge in [-0.3, -0.25) is 0 Å². The van der Waals surface area contributed by atoms with Gasteiger partial charge in [0.25, 0.3) is 0 Å². The van der Waals surface area contributed by atoms with Gasteiger partial charge >= 0.3 is 5.97 Å². The molecule has 0 radical (unpaired) electrons. The SMILES string of the molecule is CC1CCN(c2cccc(Cl)c2/C=C/C(=O)O)CC1. The number of benzene rings is 1. The highest BCUT2D eigenvalue weighted by molar-refractivity contribution is 6.32. The first kappa shape index (κ1) is 13.9. The second-order valence-corrected chi connectivity index (χ2v) is 5.42. The molecule has 1 aromatic carbocycles. The molecule has 0 atom stereocenters. The highest BCUT2D eigenvalue weighted by Gasteiger charge is 2.18. The summed E-state index contributed by atoms with van der Waals surface area (Å²) in [7, 11) is 0. The topological polar surface area (TPSA) is 40.5 Å². The smallest absolute Gasteiger partial charge is 0.328 e. The highest BCUT2D eigenvalue weighted by Crippen LogP contribution is 2.31. The van der Waals surface area contributed by atoms with E-state index in [0.717, 1.165) is 49.2 Å². The number of carboxylic acid groups (broad SMARTS) is 1. The van der Waals surface area contributed by atoms with E-state index in [4.69, 9.17) is 16.7 Å². The Morgan fingerprint density at radius 3 is 2.74 bits per heavy atom. The van der Waals surface area contributed by atoms with Gasteiger partial charge in [-0.05, 0) is 37.0 Å². The van der Waals surface area contributed by atoms with E-state index in [1.807, 2.05) is 12.1 Å². The summed E-state index contributed by atoms with van der Waals surface area (Å²) in [5, 5.41) is 9.35. The van der Waals surface area contributed by atoms with Gasteiger partial charge in [0, 0.05) is 35.4 Å². The van der Waals surface area contributed by atoms with Gasteiger partial charge in [0.1, 0.15) is 0 Å². The Morgan fingerprint density at radius 2 is 2.11 bits per heavy atom. The first-order valence-corrected chi connectivity index (χ1v) is 6.90. The molecule has 0 aliphatic carbocycles. The molecule has 0 spiro atoms. The summed E-state index contributed by atoms with van der Waals surface area (Å²) in [6, 6.07) is 5.70. The van der Waals surface area contributed by atoms with E-state index in [2.05, 4.69) is 11.8 Å². The average Bonchev–Trinajstić information content (AvgIpc) is 2.38. The van der Waals surface area contributed by atoms with Gasteiger partial charge in [0.2, 0.25) is 0 Å². The number of carbonyl (C=O) groups is 1. The average molecular weight is 280 g/mol. The lowest BCUT2D eigenvalue weighted by molar-refractivity contribution is -0.131. The molecule has 4 heteroatoms. The van der Waals surface area contributed by atoms with Crippen molar-refractivity contribution in [2.45, 2.75) is 19.8 Å². The van der Waals surface area contributed by atoms with Gasteiger partial charge in [0.05, 0.1) is 0 Å². The standard InChI is InChI=1S/C15H18ClNO2/c1-11-7-9-17(10-8-11)14-4-2-3-13(16)12(14)5-6-15(18)19/h2-6,11H,7-10H2,1H3,(H,18,19)/b6-5+. The Labute approximate surface area is 118 Å². The van der Waals surface area contributed by atoms with E-state index in [-0.39, 0.29) is 0 Å². The number of hydrogen-bond donors (Lipinski definition) is 1. The maximum atomic E-state index is 10.7. The molecule has 0 aromatic heterocycles. The van der Waals surface area contributed by atoms with Crippen molar-refractivity contribution in [3.05, 3.63) is 34.9 Å². The largest absolute Gasteiger partial charge is 0.478 e. The summed E-state index contributed by atoms with van der Waals surface area (Å²) in [6.45, 7) is 4.26. The maximum Gasteiger partial charge on any atom is 0.328 e. The predicted molar refractivity (Wildman–Crippen MR) is 78.7 cm³/mol. The molecule has 2 rings (SSSR count). The molecule has 102 valence electrons. The maximum absolute atomic E-state index is 10.7. The summed E-state index contributed by atoms with van der Waals surface area (Å²) in [6.07, 6.45) is 5.04. The lowest BCUT2D eigenvalue weighted by Gasteiger charge is -2.33. The molecule has 1 aliphatic heterocycles. The first-order chi connectivity index (χ1) is 9.08. The molecule has 1 saturated heterocycles. The van der Waals surface area contributed by atoms with Gasteiger partial charge in [-0.15, -0.1) is 0 Å². The Kier molecular flexibility index (Phi) is 4.48. The van der Waals surface area contributed by atoms with E-state index in [1.165, 1.54) is 0 Å². The van der Waals surface area contributed by atoms with Crippen LogP contribution in [0.3, 0.4) is 0 Å². The van der Waals surface area contributed by atoms with Crippen LogP contribution in [0.15, 0.2) is 24.3 Å². The van der Waals surface area contributed by atoms with Crippen LogP contribution in [-0.2, 0) is 4.79 Å². The van der Waals surface area contributed by atoms with Gasteiger partial charge in [-0.1, -0.05) is 24.6 Å². The van der Waals surface area contributed by atoms with Crippen LogP contribution in [-0.4, -0.2) is 24.2 Å². The third-order valence-electron chi connectivity index (χ3n) is 3.55. The number of carboxylic acids is 1. The van der Waals surface area contributed by atoms with Crippen molar-refractivity contribution in [2.24, 2.45) is 5.92 Å². The van der Waals surface area contributed by atoms with Crippen molar-refractivity contribution in [3.63, 3.8) is 0 Å². The monoisotopic (exact) mass is 279 g/mol. The number of hydrogen-bond acceptors (Lipinski definition) is 2. The van der Waals surface area contributed by atoms with Crippen molar-refractivity contribution in [1.82, 2.24) is 0 Å². The zero-order valence-corrected chi connectivity index (χ0v) is 11.7. The summed E-state index contributed by atoms with van der Waals surface area (Å²) in [5.74, 6) is -0.202. The fourth-order valence-electron chi connectivity index (χ4n) is 2.37. The highest BCUT2D eigenvalue weighted by atomic mass is 35.5. The van der Waals surface area contributed by atoms with E-state index in [0.29, 0.717) is 5.02 Å². The Balaban J connectivity index is 2.29. The molecular weight excluding hydrogens is 262 g/mol. The first-order valence-electron chi connectivity index (χ1n) is 6.52. The number of halogens is 1. The summed E-state index contributed by atoms with van der Waals surface area (Å²) in [5.41, 5.74) is 1.82. The minimum Gasteiger partial charge on any atom is -0.478 e. The van der Waals surface area contributed by atoms with Crippen LogP contribution in [0.2, 0.25) is 5.02 Å². The van der Waals surface area contributed by atoms with Gasteiger partial charge in [0.15, 0.2) is 0 Å². The van der Waals surface area contributed by atoms with Crippen molar-refractivity contribution in [2.75, 3.05) is 18.0 Å². The van der Waals surface area contributed by atoms with Crippen molar-refractivity contribution >= 4 is 29.3 Å². The van der Waals surface area contributed by atoms with Crippen LogP contribution in [0.5, 0.6) is 0 Å². The van der Waals surface area contributed by atoms with Gasteiger partial charge < -0.3 is 10.0 Å². The van der Waals surface area contributed by atoms with Crippen LogP contribution in [0.4, 0.5) is 5.69 Å². The Hall–Kier alpha value is -1.48. The fraction of sp³-hybridized carbons (Fsp3) is 0.400. The molecular formula is C15H18ClNO2. The van der Waals surface area contributed by atoms with Gasteiger partial charge in [-0.2, -0.15) is 0 Å². The zero-order valence-electron chi connectivity index (χ0n) is 11.0. The lowest BCUT2D eigenvalue weighted by atomic mass is 9.98. The van der Waals surface area contributed by atoms with Crippen LogP contribution in [0.25, 0.3) is 6.08 Å². The molecule has 1 fully saturated rings. The number of piperidine rings is 1. The predicted octanol–water partition coefficient (Wildman–Crippen LogP) is 3.67. The molecule has 0 unspecified atom stereocenters. The minimum absolute atomic E-state index is 0.591. The molecule has 1 heterocycles. The molecule has 3 nitrogen and oxygen atoms in total. The Bertz CT molecular complexity index is 491. The van der Waals surface area contributed by atoms with Crippen molar-refractivity contribution in [3.8, 4) is 0 Å². The van der Waals surface area contributed by atoms with Crippen molar-refractivity contribution < 1.29 is 9.90 Å². The quantitative estimate of drug-likeness (QED) is 0.858. The normalized spacial score (nSPS) is 17.1.